The number of rotatable bonds is 8. The largest absolute Gasteiger partial charge is 0.299 e. The van der Waals surface area contributed by atoms with E-state index in [0.29, 0.717) is 4.83 Å². The lowest BCUT2D eigenvalue weighted by Gasteiger charge is -2.20. The van der Waals surface area contributed by atoms with Gasteiger partial charge in [-0.1, -0.05) is 77.5 Å². The summed E-state index contributed by atoms with van der Waals surface area (Å²) < 4.78 is 0. The van der Waals surface area contributed by atoms with Gasteiger partial charge < -0.3 is 0 Å². The Morgan fingerprint density at radius 3 is 2.23 bits per heavy atom. The van der Waals surface area contributed by atoms with Crippen LogP contribution in [0.2, 0.25) is 0 Å². The Morgan fingerprint density at radius 2 is 1.69 bits per heavy atom. The average molecular weight is 413 g/mol. The van der Waals surface area contributed by atoms with Crippen molar-refractivity contribution in [2.45, 2.75) is 50.4 Å². The number of halogens is 1. The van der Waals surface area contributed by atoms with Crippen molar-refractivity contribution in [3.63, 3.8) is 0 Å². The van der Waals surface area contributed by atoms with E-state index in [2.05, 4.69) is 82.4 Å². The van der Waals surface area contributed by atoms with Gasteiger partial charge in [-0.2, -0.15) is 5.26 Å². The van der Waals surface area contributed by atoms with Crippen LogP contribution in [0.1, 0.15) is 49.3 Å². The highest BCUT2D eigenvalue weighted by Crippen LogP contribution is 2.46. The summed E-state index contributed by atoms with van der Waals surface area (Å²) in [5.41, 5.74) is 4.37. The van der Waals surface area contributed by atoms with Crippen LogP contribution >= 0.6 is 15.9 Å². The molecule has 0 heterocycles. The minimum Gasteiger partial charge on any atom is -0.299 e. The molecule has 2 aromatic rings. The molecule has 26 heavy (non-hydrogen) atoms. The monoisotopic (exact) mass is 412 g/mol. The lowest BCUT2D eigenvalue weighted by atomic mass is 10.0. The zero-order valence-corrected chi connectivity index (χ0v) is 17.5. The molecule has 3 heteroatoms. The smallest absolute Gasteiger partial charge is 0.0587 e. The first-order valence-corrected chi connectivity index (χ1v) is 10.4. The third-order valence-corrected chi connectivity index (χ3v) is 5.77. The highest BCUT2D eigenvalue weighted by atomic mass is 79.9. The molecule has 3 rings (SSSR count). The van der Waals surface area contributed by atoms with Gasteiger partial charge in [0.2, 0.25) is 0 Å². The van der Waals surface area contributed by atoms with Crippen molar-refractivity contribution in [2.24, 2.45) is 0 Å². The molecule has 0 amide bonds. The molecule has 1 aliphatic carbocycles. The van der Waals surface area contributed by atoms with Crippen LogP contribution < -0.4 is 0 Å². The van der Waals surface area contributed by atoms with Crippen LogP contribution in [0.25, 0.3) is 0 Å². The second-order valence-corrected chi connectivity index (χ2v) is 7.96. The van der Waals surface area contributed by atoms with Crippen molar-refractivity contribution < 1.29 is 0 Å². The van der Waals surface area contributed by atoms with E-state index in [1.165, 1.54) is 49.4 Å². The molecule has 1 fully saturated rings. The van der Waals surface area contributed by atoms with Gasteiger partial charge in [-0.25, -0.2) is 0 Å². The Kier molecular flexibility index (Phi) is 8.88. The zero-order chi connectivity index (χ0) is 18.8. The van der Waals surface area contributed by atoms with E-state index >= 15 is 0 Å². The maximum absolute atomic E-state index is 7.32. The highest BCUT2D eigenvalue weighted by molar-refractivity contribution is 9.09. The molecule has 0 bridgehead atoms. The summed E-state index contributed by atoms with van der Waals surface area (Å²) >= 11 is 3.69. The third kappa shape index (κ3) is 6.94. The molecule has 1 saturated carbocycles. The Balaban J connectivity index is 0.000000758. The van der Waals surface area contributed by atoms with E-state index < -0.39 is 0 Å². The minimum absolute atomic E-state index is 0.712. The van der Waals surface area contributed by atoms with Crippen molar-refractivity contribution in [3.8, 4) is 6.07 Å². The molecule has 2 unspecified atom stereocenters. The van der Waals surface area contributed by atoms with Gasteiger partial charge in [0, 0.05) is 18.3 Å². The first-order valence-electron chi connectivity index (χ1n) is 9.48. The molecule has 0 aliphatic heterocycles. The molecule has 0 aromatic heterocycles. The van der Waals surface area contributed by atoms with Crippen LogP contribution in [0, 0.1) is 11.3 Å². The summed E-state index contributed by atoms with van der Waals surface area (Å²) in [6, 6.07) is 21.8. The second-order valence-electron chi connectivity index (χ2n) is 6.78. The van der Waals surface area contributed by atoms with Crippen LogP contribution in [0.5, 0.6) is 0 Å². The summed E-state index contributed by atoms with van der Waals surface area (Å²) in [5.74, 6) is 0.755. The van der Waals surface area contributed by atoms with Crippen molar-refractivity contribution in [2.75, 3.05) is 13.1 Å². The Hall–Kier alpha value is -1.63. The molecular weight excluding hydrogens is 384 g/mol. The average Bonchev–Trinajstić information content (AvgIpc) is 3.39. The van der Waals surface area contributed by atoms with Gasteiger partial charge in [0.1, 0.15) is 0 Å². The number of alkyl halides is 1. The fourth-order valence-corrected chi connectivity index (χ4v) is 3.85. The maximum atomic E-state index is 7.32. The van der Waals surface area contributed by atoms with Crippen LogP contribution in [-0.4, -0.2) is 22.8 Å². The SMILES string of the molecule is CC#N.CCN(CCCc1ccc(C2CC2Br)cc1)Cc1ccccc1. The topological polar surface area (TPSA) is 27.0 Å². The zero-order valence-electron chi connectivity index (χ0n) is 15.9. The van der Waals surface area contributed by atoms with E-state index in [1.54, 1.807) is 6.07 Å². The first-order chi connectivity index (χ1) is 12.7. The quantitative estimate of drug-likeness (QED) is 0.502. The Bertz CT molecular complexity index is 676. The number of nitrogens with zero attached hydrogens (tertiary/aromatic N) is 2. The van der Waals surface area contributed by atoms with E-state index in [9.17, 15) is 0 Å². The molecular formula is C23H29BrN2. The molecule has 2 aromatic carbocycles. The molecule has 2 atom stereocenters. The fourth-order valence-electron chi connectivity index (χ4n) is 3.14. The fraction of sp³-hybridized carbons (Fsp3) is 0.435. The summed E-state index contributed by atoms with van der Waals surface area (Å²) in [6.07, 6.45) is 3.70. The van der Waals surface area contributed by atoms with Crippen molar-refractivity contribution in [1.82, 2.24) is 4.90 Å². The van der Waals surface area contributed by atoms with Crippen molar-refractivity contribution in [3.05, 3.63) is 71.3 Å². The Labute approximate surface area is 167 Å². The minimum atomic E-state index is 0.712. The van der Waals surface area contributed by atoms with E-state index in [4.69, 9.17) is 5.26 Å². The van der Waals surface area contributed by atoms with Gasteiger partial charge in [-0.3, -0.25) is 4.90 Å². The second kappa shape index (κ2) is 11.2. The standard InChI is InChI=1S/C21H26BrN.C2H3N/c1-2-23(16-18-7-4-3-5-8-18)14-6-9-17-10-12-19(13-11-17)20-15-21(20)22;1-2-3/h3-5,7-8,10-13,20-21H,2,6,9,14-16H2,1H3;1H3. The van der Waals surface area contributed by atoms with Gasteiger partial charge in [0.15, 0.2) is 0 Å². The van der Waals surface area contributed by atoms with Gasteiger partial charge in [-0.15, -0.1) is 0 Å². The van der Waals surface area contributed by atoms with E-state index in [0.717, 1.165) is 19.0 Å². The summed E-state index contributed by atoms with van der Waals surface area (Å²) in [4.78, 5) is 3.24. The van der Waals surface area contributed by atoms with Crippen molar-refractivity contribution >= 4 is 15.9 Å². The number of nitriles is 1. The van der Waals surface area contributed by atoms with E-state index in [1.807, 2.05) is 0 Å². The van der Waals surface area contributed by atoms with Gasteiger partial charge in [0.05, 0.1) is 6.07 Å². The number of hydrogen-bond donors (Lipinski definition) is 0. The maximum Gasteiger partial charge on any atom is 0.0587 e. The third-order valence-electron chi connectivity index (χ3n) is 4.76. The number of aryl methyl sites for hydroxylation is 1. The predicted octanol–water partition coefficient (Wildman–Crippen LogP) is 5.92. The van der Waals surface area contributed by atoms with Crippen LogP contribution in [-0.2, 0) is 13.0 Å². The first kappa shape index (κ1) is 20.7. The predicted molar refractivity (Wildman–Crippen MR) is 114 cm³/mol. The van der Waals surface area contributed by atoms with Crippen LogP contribution in [0.15, 0.2) is 54.6 Å². The van der Waals surface area contributed by atoms with Crippen molar-refractivity contribution in [1.29, 1.82) is 5.26 Å². The van der Waals surface area contributed by atoms with Gasteiger partial charge in [0.25, 0.3) is 0 Å². The molecule has 0 N–H and O–H groups in total. The normalized spacial score (nSPS) is 18.0. The van der Waals surface area contributed by atoms with E-state index in [-0.39, 0.29) is 0 Å². The van der Waals surface area contributed by atoms with Gasteiger partial charge >= 0.3 is 0 Å². The molecule has 0 saturated heterocycles. The van der Waals surface area contributed by atoms with Gasteiger partial charge in [-0.05, 0) is 55.0 Å². The lowest BCUT2D eigenvalue weighted by Crippen LogP contribution is -2.24. The van der Waals surface area contributed by atoms with Crippen LogP contribution in [0.4, 0.5) is 0 Å². The molecule has 1 aliphatic rings. The summed E-state index contributed by atoms with van der Waals surface area (Å²) in [7, 11) is 0. The summed E-state index contributed by atoms with van der Waals surface area (Å²) in [5, 5.41) is 7.32. The molecule has 0 radical (unpaired) electrons. The number of hydrogen-bond acceptors (Lipinski definition) is 2. The molecule has 2 nitrogen and oxygen atoms in total. The molecule has 0 spiro atoms. The highest BCUT2D eigenvalue weighted by Gasteiger charge is 2.35. The Morgan fingerprint density at radius 1 is 1.08 bits per heavy atom. The lowest BCUT2D eigenvalue weighted by molar-refractivity contribution is 0.276. The number of benzene rings is 2. The summed E-state index contributed by atoms with van der Waals surface area (Å²) in [6.45, 7) is 7.02. The molecule has 138 valence electrons. The van der Waals surface area contributed by atoms with Crippen LogP contribution in [0.3, 0.4) is 0 Å².